The maximum absolute atomic E-state index is 11.3. The second-order valence-corrected chi connectivity index (χ2v) is 5.20. The molecule has 0 aliphatic heterocycles. The third kappa shape index (κ3) is 2.43. The number of aliphatic carboxylic acids is 1. The topological polar surface area (TPSA) is 72.4 Å². The highest BCUT2D eigenvalue weighted by molar-refractivity contribution is 7.99. The summed E-state index contributed by atoms with van der Waals surface area (Å²) >= 11 is 1.45. The fourth-order valence-electron chi connectivity index (χ4n) is 1.49. The van der Waals surface area contributed by atoms with Crippen LogP contribution < -0.4 is 5.76 Å². The fraction of sp³-hybridized carbons (Fsp3) is 0.333. The Morgan fingerprint density at radius 3 is 2.94 bits per heavy atom. The molecule has 2 aromatic rings. The third-order valence-electron chi connectivity index (χ3n) is 2.68. The number of aromatic nitrogens is 1. The minimum atomic E-state index is -0.806. The zero-order chi connectivity index (χ0) is 13.3. The van der Waals surface area contributed by atoms with Crippen LogP contribution in [0, 0.1) is 5.92 Å². The molecule has 0 spiro atoms. The summed E-state index contributed by atoms with van der Waals surface area (Å²) in [4.78, 5) is 23.0. The molecule has 1 N–H and O–H groups in total. The smallest absolute Gasteiger partial charge is 0.419 e. The first kappa shape index (κ1) is 12.8. The zero-order valence-electron chi connectivity index (χ0n) is 10.0. The van der Waals surface area contributed by atoms with E-state index in [-0.39, 0.29) is 0 Å². The molecule has 0 saturated carbocycles. The summed E-state index contributed by atoms with van der Waals surface area (Å²) in [6.45, 7) is 1.67. The Hall–Kier alpha value is -1.69. The van der Waals surface area contributed by atoms with Crippen molar-refractivity contribution in [2.45, 2.75) is 11.8 Å². The number of oxazole rings is 1. The fourth-order valence-corrected chi connectivity index (χ4v) is 2.43. The molecule has 0 aliphatic carbocycles. The molecule has 0 saturated heterocycles. The maximum Gasteiger partial charge on any atom is 0.419 e. The highest BCUT2D eigenvalue weighted by atomic mass is 32.2. The van der Waals surface area contributed by atoms with Crippen molar-refractivity contribution in [3.63, 3.8) is 0 Å². The minimum Gasteiger partial charge on any atom is -0.481 e. The van der Waals surface area contributed by atoms with Crippen LogP contribution in [0.5, 0.6) is 0 Å². The van der Waals surface area contributed by atoms with Crippen molar-refractivity contribution in [1.82, 2.24) is 4.57 Å². The number of fused-ring (bicyclic) bond motifs is 1. The number of benzene rings is 1. The van der Waals surface area contributed by atoms with Crippen LogP contribution >= 0.6 is 11.8 Å². The lowest BCUT2D eigenvalue weighted by Crippen LogP contribution is -2.11. The van der Waals surface area contributed by atoms with E-state index in [0.717, 1.165) is 4.90 Å². The molecule has 0 aliphatic rings. The molecule has 2 rings (SSSR count). The summed E-state index contributed by atoms with van der Waals surface area (Å²) in [6.07, 6.45) is 0. The Morgan fingerprint density at radius 2 is 2.28 bits per heavy atom. The molecular weight excluding hydrogens is 254 g/mol. The number of aryl methyl sites for hydroxylation is 1. The number of nitrogens with zero attached hydrogens (tertiary/aromatic N) is 1. The minimum absolute atomic E-state index is 0.397. The second-order valence-electron chi connectivity index (χ2n) is 4.11. The average Bonchev–Trinajstić information content (AvgIpc) is 2.62. The van der Waals surface area contributed by atoms with Gasteiger partial charge in [-0.05, 0) is 18.2 Å². The molecule has 1 unspecified atom stereocenters. The monoisotopic (exact) mass is 267 g/mol. The van der Waals surface area contributed by atoms with Crippen molar-refractivity contribution in [3.05, 3.63) is 28.7 Å². The number of rotatable bonds is 4. The van der Waals surface area contributed by atoms with Crippen LogP contribution in [0.15, 0.2) is 32.3 Å². The summed E-state index contributed by atoms with van der Waals surface area (Å²) in [5.74, 6) is -1.11. The Morgan fingerprint density at radius 1 is 1.56 bits per heavy atom. The van der Waals surface area contributed by atoms with Crippen molar-refractivity contribution in [2.75, 3.05) is 5.75 Å². The van der Waals surface area contributed by atoms with Crippen molar-refractivity contribution >= 4 is 28.8 Å². The Bertz CT molecular complexity index is 643. The van der Waals surface area contributed by atoms with Gasteiger partial charge < -0.3 is 9.52 Å². The van der Waals surface area contributed by atoms with Gasteiger partial charge in [0.25, 0.3) is 0 Å². The molecule has 96 valence electrons. The van der Waals surface area contributed by atoms with Gasteiger partial charge in [0, 0.05) is 17.7 Å². The van der Waals surface area contributed by atoms with E-state index in [9.17, 15) is 9.59 Å². The first-order chi connectivity index (χ1) is 8.49. The molecule has 0 fully saturated rings. The predicted molar refractivity (Wildman–Crippen MR) is 69.0 cm³/mol. The van der Waals surface area contributed by atoms with E-state index in [2.05, 4.69) is 0 Å². The number of hydrogen-bond acceptors (Lipinski definition) is 4. The van der Waals surface area contributed by atoms with Crippen LogP contribution in [0.2, 0.25) is 0 Å². The standard InChI is InChI=1S/C12H13NO4S/c1-7(11(14)15)6-18-8-3-4-10-9(5-8)13(2)12(16)17-10/h3-5,7H,6H2,1-2H3,(H,14,15). The molecule has 5 nitrogen and oxygen atoms in total. The van der Waals surface area contributed by atoms with Gasteiger partial charge in [-0.15, -0.1) is 11.8 Å². The molecular formula is C12H13NO4S. The van der Waals surface area contributed by atoms with Gasteiger partial charge in [-0.1, -0.05) is 6.92 Å². The van der Waals surface area contributed by atoms with Crippen LogP contribution in [0.1, 0.15) is 6.92 Å². The maximum atomic E-state index is 11.3. The van der Waals surface area contributed by atoms with Crippen LogP contribution in [-0.4, -0.2) is 21.4 Å². The van der Waals surface area contributed by atoms with E-state index < -0.39 is 17.6 Å². The van der Waals surface area contributed by atoms with E-state index in [4.69, 9.17) is 9.52 Å². The molecule has 1 heterocycles. The van der Waals surface area contributed by atoms with Crippen LogP contribution in [0.4, 0.5) is 0 Å². The van der Waals surface area contributed by atoms with Crippen LogP contribution in [-0.2, 0) is 11.8 Å². The van der Waals surface area contributed by atoms with Crippen LogP contribution in [0.25, 0.3) is 11.1 Å². The summed E-state index contributed by atoms with van der Waals surface area (Å²) < 4.78 is 6.45. The highest BCUT2D eigenvalue weighted by Gasteiger charge is 2.12. The van der Waals surface area contributed by atoms with Gasteiger partial charge in [-0.2, -0.15) is 0 Å². The number of carboxylic acid groups (broad SMARTS) is 1. The van der Waals surface area contributed by atoms with Gasteiger partial charge in [0.2, 0.25) is 0 Å². The van der Waals surface area contributed by atoms with Crippen LogP contribution in [0.3, 0.4) is 0 Å². The number of hydrogen-bond donors (Lipinski definition) is 1. The first-order valence-electron chi connectivity index (χ1n) is 5.44. The van der Waals surface area contributed by atoms with E-state index >= 15 is 0 Å². The lowest BCUT2D eigenvalue weighted by atomic mass is 10.2. The van der Waals surface area contributed by atoms with Gasteiger partial charge >= 0.3 is 11.7 Å². The zero-order valence-corrected chi connectivity index (χ0v) is 10.9. The Balaban J connectivity index is 2.22. The molecule has 6 heteroatoms. The lowest BCUT2D eigenvalue weighted by molar-refractivity contribution is -0.140. The van der Waals surface area contributed by atoms with Gasteiger partial charge in [-0.3, -0.25) is 9.36 Å². The highest BCUT2D eigenvalue weighted by Crippen LogP contribution is 2.24. The van der Waals surface area contributed by atoms with Gasteiger partial charge in [-0.25, -0.2) is 4.79 Å². The van der Waals surface area contributed by atoms with Gasteiger partial charge in [0.1, 0.15) is 0 Å². The largest absolute Gasteiger partial charge is 0.481 e. The Labute approximate surface area is 107 Å². The number of carboxylic acids is 1. The molecule has 0 amide bonds. The molecule has 0 bridgehead atoms. The van der Waals surface area contributed by atoms with E-state index in [1.165, 1.54) is 16.3 Å². The summed E-state index contributed by atoms with van der Waals surface area (Å²) in [5.41, 5.74) is 1.26. The normalized spacial score (nSPS) is 12.8. The van der Waals surface area contributed by atoms with Crippen molar-refractivity contribution in [3.8, 4) is 0 Å². The van der Waals surface area contributed by atoms with Crippen molar-refractivity contribution in [2.24, 2.45) is 13.0 Å². The van der Waals surface area contributed by atoms with E-state index in [0.29, 0.717) is 16.9 Å². The van der Waals surface area contributed by atoms with Crippen molar-refractivity contribution in [1.29, 1.82) is 0 Å². The summed E-state index contributed by atoms with van der Waals surface area (Å²) in [7, 11) is 1.64. The molecule has 18 heavy (non-hydrogen) atoms. The number of thioether (sulfide) groups is 1. The summed E-state index contributed by atoms with van der Waals surface area (Å²) in [6, 6.07) is 5.38. The lowest BCUT2D eigenvalue weighted by Gasteiger charge is -2.05. The molecule has 1 atom stereocenters. The Kier molecular flexibility index (Phi) is 3.47. The quantitative estimate of drug-likeness (QED) is 0.857. The molecule has 0 radical (unpaired) electrons. The third-order valence-corrected chi connectivity index (χ3v) is 3.94. The van der Waals surface area contributed by atoms with E-state index in [1.807, 2.05) is 12.1 Å². The first-order valence-corrected chi connectivity index (χ1v) is 6.43. The second kappa shape index (κ2) is 4.89. The molecule has 1 aromatic carbocycles. The average molecular weight is 267 g/mol. The number of carbonyl (C=O) groups is 1. The van der Waals surface area contributed by atoms with Gasteiger partial charge in [0.05, 0.1) is 11.4 Å². The van der Waals surface area contributed by atoms with Crippen molar-refractivity contribution < 1.29 is 14.3 Å². The molecule has 1 aromatic heterocycles. The van der Waals surface area contributed by atoms with Gasteiger partial charge in [0.15, 0.2) is 5.58 Å². The van der Waals surface area contributed by atoms with E-state index in [1.54, 1.807) is 20.0 Å². The predicted octanol–water partition coefficient (Wildman–Crippen LogP) is 1.94. The summed E-state index contributed by atoms with van der Waals surface area (Å²) in [5, 5.41) is 8.81. The SMILES string of the molecule is CC(CSc1ccc2oc(=O)n(C)c2c1)C(=O)O.